The Kier molecular flexibility index (Phi) is 4.74. The number of carbonyl (C=O) groups excluding carboxylic acids is 1. The average molecular weight is 302 g/mol. The molecule has 1 heterocycles. The molecule has 0 atom stereocenters. The van der Waals surface area contributed by atoms with Crippen molar-refractivity contribution in [2.24, 2.45) is 0 Å². The molecule has 1 aromatic rings. The molecule has 94 valence electrons. The summed E-state index contributed by atoms with van der Waals surface area (Å²) in [4.78, 5) is 15.4. The predicted molar refractivity (Wildman–Crippen MR) is 69.9 cm³/mol. The second-order valence-corrected chi connectivity index (χ2v) is 5.00. The van der Waals surface area contributed by atoms with E-state index in [0.717, 1.165) is 10.9 Å². The Morgan fingerprint density at radius 1 is 1.47 bits per heavy atom. The third-order valence-corrected chi connectivity index (χ3v) is 2.32. The number of aromatic nitrogens is 1. The summed E-state index contributed by atoms with van der Waals surface area (Å²) < 4.78 is 5.06. The number of nitrogens with one attached hydrogen (secondary N) is 2. The summed E-state index contributed by atoms with van der Waals surface area (Å²) in [5, 5.41) is 0.750. The van der Waals surface area contributed by atoms with Crippen LogP contribution in [0.2, 0.25) is 0 Å². The minimum Gasteiger partial charge on any atom is -0.443 e. The molecule has 0 aliphatic heterocycles. The first-order chi connectivity index (χ1) is 7.90. The third-order valence-electron chi connectivity index (χ3n) is 1.67. The largest absolute Gasteiger partial charge is 0.443 e. The molecule has 0 aliphatic rings. The number of rotatable bonds is 3. The number of hydrogen-bond donors (Lipinski definition) is 2. The number of anilines is 1. The maximum absolute atomic E-state index is 11.3. The SMILES string of the molecule is CC(C)(C)OC(=O)NNc1ccc(CBr)cn1. The smallest absolute Gasteiger partial charge is 0.426 e. The van der Waals surface area contributed by atoms with Crippen molar-refractivity contribution in [3.05, 3.63) is 23.9 Å². The van der Waals surface area contributed by atoms with Crippen LogP contribution in [-0.2, 0) is 10.1 Å². The summed E-state index contributed by atoms with van der Waals surface area (Å²) in [6.07, 6.45) is 1.18. The lowest BCUT2D eigenvalue weighted by Crippen LogP contribution is -2.36. The molecule has 17 heavy (non-hydrogen) atoms. The number of hydrogen-bond acceptors (Lipinski definition) is 4. The van der Waals surface area contributed by atoms with Crippen molar-refractivity contribution in [1.82, 2.24) is 10.4 Å². The molecule has 1 aromatic heterocycles. The van der Waals surface area contributed by atoms with Crippen LogP contribution in [0.25, 0.3) is 0 Å². The van der Waals surface area contributed by atoms with Crippen LogP contribution in [0.15, 0.2) is 18.3 Å². The maximum Gasteiger partial charge on any atom is 0.426 e. The van der Waals surface area contributed by atoms with Gasteiger partial charge in [-0.15, -0.1) is 0 Å². The fraction of sp³-hybridized carbons (Fsp3) is 0.455. The van der Waals surface area contributed by atoms with Gasteiger partial charge in [0.2, 0.25) is 0 Å². The van der Waals surface area contributed by atoms with Gasteiger partial charge in [-0.25, -0.2) is 15.2 Å². The van der Waals surface area contributed by atoms with Gasteiger partial charge in [0.05, 0.1) is 0 Å². The van der Waals surface area contributed by atoms with Crippen molar-refractivity contribution >= 4 is 27.8 Å². The van der Waals surface area contributed by atoms with Gasteiger partial charge in [0, 0.05) is 11.5 Å². The van der Waals surface area contributed by atoms with Gasteiger partial charge >= 0.3 is 6.09 Å². The summed E-state index contributed by atoms with van der Waals surface area (Å²) in [7, 11) is 0. The highest BCUT2D eigenvalue weighted by atomic mass is 79.9. The summed E-state index contributed by atoms with van der Waals surface area (Å²) in [6, 6.07) is 3.68. The van der Waals surface area contributed by atoms with Crippen LogP contribution in [0.4, 0.5) is 10.6 Å². The molecule has 0 saturated carbocycles. The molecule has 0 radical (unpaired) electrons. The molecule has 0 aliphatic carbocycles. The van der Waals surface area contributed by atoms with Gasteiger partial charge in [0.15, 0.2) is 0 Å². The summed E-state index contributed by atoms with van der Waals surface area (Å²) >= 11 is 3.33. The second kappa shape index (κ2) is 5.86. The molecule has 2 N–H and O–H groups in total. The Balaban J connectivity index is 2.42. The van der Waals surface area contributed by atoms with E-state index in [9.17, 15) is 4.79 Å². The number of alkyl halides is 1. The van der Waals surface area contributed by atoms with Crippen LogP contribution >= 0.6 is 15.9 Å². The number of halogens is 1. The fourth-order valence-corrected chi connectivity index (χ4v) is 1.33. The lowest BCUT2D eigenvalue weighted by molar-refractivity contribution is 0.0541. The van der Waals surface area contributed by atoms with Gasteiger partial charge in [-0.3, -0.25) is 5.43 Å². The number of nitrogens with zero attached hydrogens (tertiary/aromatic N) is 1. The molecule has 0 fully saturated rings. The summed E-state index contributed by atoms with van der Waals surface area (Å²) in [5.41, 5.74) is 5.62. The van der Waals surface area contributed by atoms with E-state index in [4.69, 9.17) is 4.74 Å². The average Bonchev–Trinajstić information content (AvgIpc) is 2.25. The van der Waals surface area contributed by atoms with E-state index in [1.807, 2.05) is 6.07 Å². The van der Waals surface area contributed by atoms with Gasteiger partial charge in [-0.2, -0.15) is 0 Å². The first-order valence-corrected chi connectivity index (χ1v) is 6.29. The molecular weight excluding hydrogens is 286 g/mol. The van der Waals surface area contributed by atoms with Crippen molar-refractivity contribution in [3.8, 4) is 0 Å². The highest BCUT2D eigenvalue weighted by molar-refractivity contribution is 9.08. The van der Waals surface area contributed by atoms with Crippen molar-refractivity contribution in [2.75, 3.05) is 5.43 Å². The maximum atomic E-state index is 11.3. The van der Waals surface area contributed by atoms with Crippen molar-refractivity contribution in [3.63, 3.8) is 0 Å². The number of ether oxygens (including phenoxy) is 1. The quantitative estimate of drug-likeness (QED) is 0.666. The van der Waals surface area contributed by atoms with E-state index < -0.39 is 11.7 Å². The zero-order valence-corrected chi connectivity index (χ0v) is 11.7. The molecular formula is C11H16BrN3O2. The molecule has 1 rings (SSSR count). The van der Waals surface area contributed by atoms with Gasteiger partial charge in [-0.05, 0) is 32.4 Å². The Morgan fingerprint density at radius 2 is 2.18 bits per heavy atom. The zero-order chi connectivity index (χ0) is 12.9. The number of amides is 1. The van der Waals surface area contributed by atoms with E-state index in [-0.39, 0.29) is 0 Å². The summed E-state index contributed by atoms with van der Waals surface area (Å²) in [6.45, 7) is 5.40. The van der Waals surface area contributed by atoms with Gasteiger partial charge < -0.3 is 4.74 Å². The first kappa shape index (κ1) is 13.8. The van der Waals surface area contributed by atoms with Gasteiger partial charge in [0.25, 0.3) is 0 Å². The number of pyridine rings is 1. The van der Waals surface area contributed by atoms with Crippen LogP contribution in [0.3, 0.4) is 0 Å². The second-order valence-electron chi connectivity index (χ2n) is 4.44. The van der Waals surface area contributed by atoms with Crippen LogP contribution in [-0.4, -0.2) is 16.7 Å². The van der Waals surface area contributed by atoms with Gasteiger partial charge in [0.1, 0.15) is 11.4 Å². The third kappa shape index (κ3) is 5.53. The number of hydrazine groups is 1. The van der Waals surface area contributed by atoms with E-state index >= 15 is 0 Å². The monoisotopic (exact) mass is 301 g/mol. The molecule has 0 bridgehead atoms. The van der Waals surface area contributed by atoms with E-state index in [1.165, 1.54) is 0 Å². The minimum absolute atomic E-state index is 0.515. The van der Waals surface area contributed by atoms with E-state index in [0.29, 0.717) is 5.82 Å². The van der Waals surface area contributed by atoms with Crippen molar-refractivity contribution < 1.29 is 9.53 Å². The lowest BCUT2D eigenvalue weighted by Gasteiger charge is -2.19. The van der Waals surface area contributed by atoms with Crippen LogP contribution in [0.5, 0.6) is 0 Å². The highest BCUT2D eigenvalue weighted by Crippen LogP contribution is 2.08. The Morgan fingerprint density at radius 3 is 2.65 bits per heavy atom. The standard InChI is InChI=1S/C11H16BrN3O2/c1-11(2,3)17-10(16)15-14-9-5-4-8(6-12)7-13-9/h4-5,7H,6H2,1-3H3,(H,13,14)(H,15,16). The van der Waals surface area contributed by atoms with Crippen LogP contribution in [0.1, 0.15) is 26.3 Å². The van der Waals surface area contributed by atoms with Crippen LogP contribution in [0, 0.1) is 0 Å². The van der Waals surface area contributed by atoms with Crippen molar-refractivity contribution in [1.29, 1.82) is 0 Å². The molecule has 0 saturated heterocycles. The topological polar surface area (TPSA) is 63.2 Å². The van der Waals surface area contributed by atoms with Crippen LogP contribution < -0.4 is 10.9 Å². The van der Waals surface area contributed by atoms with Gasteiger partial charge in [-0.1, -0.05) is 22.0 Å². The minimum atomic E-state index is -0.538. The molecule has 5 nitrogen and oxygen atoms in total. The first-order valence-electron chi connectivity index (χ1n) is 5.16. The number of carbonyl (C=O) groups is 1. The summed E-state index contributed by atoms with van der Waals surface area (Å²) in [5.74, 6) is 0.556. The van der Waals surface area contributed by atoms with Crippen molar-refractivity contribution in [2.45, 2.75) is 31.7 Å². The Labute approximate surface area is 109 Å². The highest BCUT2D eigenvalue weighted by Gasteiger charge is 2.15. The molecule has 0 unspecified atom stereocenters. The Hall–Kier alpha value is -1.30. The lowest BCUT2D eigenvalue weighted by atomic mass is 10.2. The van der Waals surface area contributed by atoms with E-state index in [2.05, 4.69) is 31.8 Å². The fourth-order valence-electron chi connectivity index (χ4n) is 0.996. The molecule has 0 spiro atoms. The Bertz CT molecular complexity index is 373. The molecule has 0 aromatic carbocycles. The van der Waals surface area contributed by atoms with E-state index in [1.54, 1.807) is 33.0 Å². The normalized spacial score (nSPS) is 10.8. The molecule has 1 amide bonds. The predicted octanol–water partition coefficient (Wildman–Crippen LogP) is 2.83. The zero-order valence-electron chi connectivity index (χ0n) is 10.1. The molecule has 6 heteroatoms.